The largest absolute Gasteiger partial charge is 0.461 e. The van der Waals surface area contributed by atoms with E-state index in [0.29, 0.717) is 29.3 Å². The maximum atomic E-state index is 12.3. The van der Waals surface area contributed by atoms with Crippen LogP contribution in [0.25, 0.3) is 11.1 Å². The first-order valence-corrected chi connectivity index (χ1v) is 8.91. The van der Waals surface area contributed by atoms with Gasteiger partial charge in [-0.1, -0.05) is 51.0 Å². The maximum absolute atomic E-state index is 12.3. The number of nitrogens with zero attached hydrogens (tertiary/aromatic N) is 2. The van der Waals surface area contributed by atoms with Crippen molar-refractivity contribution >= 4 is 5.97 Å². The molecule has 0 saturated heterocycles. The highest BCUT2D eigenvalue weighted by Gasteiger charge is 2.22. The first kappa shape index (κ1) is 18.8. The Labute approximate surface area is 150 Å². The molecule has 0 aliphatic rings. The zero-order chi connectivity index (χ0) is 18.4. The van der Waals surface area contributed by atoms with Crippen LogP contribution in [0.3, 0.4) is 0 Å². The summed E-state index contributed by atoms with van der Waals surface area (Å²) in [6, 6.07) is 10.4. The van der Waals surface area contributed by atoms with Crippen molar-refractivity contribution in [3.05, 3.63) is 47.3 Å². The number of hydrogen-bond donors (Lipinski definition) is 0. The SMILES string of the molecule is CCOC(=O)c1c(-c2ccc(CC(CC)CC)cc2)c(C#N)cn1C. The van der Waals surface area contributed by atoms with Gasteiger partial charge in [-0.3, -0.25) is 0 Å². The van der Waals surface area contributed by atoms with Crippen molar-refractivity contribution in [2.24, 2.45) is 13.0 Å². The second-order valence-corrected chi connectivity index (χ2v) is 6.29. The summed E-state index contributed by atoms with van der Waals surface area (Å²) in [5.74, 6) is 0.287. The Hall–Kier alpha value is -2.54. The van der Waals surface area contributed by atoms with Crippen LogP contribution in [0.2, 0.25) is 0 Å². The van der Waals surface area contributed by atoms with E-state index in [1.54, 1.807) is 24.7 Å². The number of hydrogen-bond acceptors (Lipinski definition) is 3. The molecule has 0 saturated carbocycles. The first-order valence-electron chi connectivity index (χ1n) is 8.91. The molecule has 0 radical (unpaired) electrons. The van der Waals surface area contributed by atoms with E-state index in [2.05, 4.69) is 32.0 Å². The minimum Gasteiger partial charge on any atom is -0.461 e. The molecule has 4 nitrogen and oxygen atoms in total. The van der Waals surface area contributed by atoms with Gasteiger partial charge in [0.2, 0.25) is 0 Å². The second-order valence-electron chi connectivity index (χ2n) is 6.29. The number of carbonyl (C=O) groups excluding carboxylic acids is 1. The van der Waals surface area contributed by atoms with E-state index < -0.39 is 5.97 Å². The van der Waals surface area contributed by atoms with Crippen molar-refractivity contribution in [3.8, 4) is 17.2 Å². The lowest BCUT2D eigenvalue weighted by Gasteiger charge is -2.13. The van der Waals surface area contributed by atoms with Crippen LogP contribution in [-0.2, 0) is 18.2 Å². The molecule has 0 N–H and O–H groups in total. The van der Waals surface area contributed by atoms with Crippen LogP contribution >= 0.6 is 0 Å². The number of rotatable bonds is 7. The summed E-state index contributed by atoms with van der Waals surface area (Å²) in [4.78, 5) is 12.3. The maximum Gasteiger partial charge on any atom is 0.355 e. The Balaban J connectivity index is 2.41. The average molecular weight is 338 g/mol. The molecule has 2 rings (SSSR count). The minimum atomic E-state index is -0.400. The van der Waals surface area contributed by atoms with Gasteiger partial charge in [0.15, 0.2) is 0 Å². The van der Waals surface area contributed by atoms with Gasteiger partial charge in [0.05, 0.1) is 12.2 Å². The van der Waals surface area contributed by atoms with E-state index in [1.807, 2.05) is 12.1 Å². The Bertz CT molecular complexity index is 762. The van der Waals surface area contributed by atoms with E-state index in [-0.39, 0.29) is 0 Å². The van der Waals surface area contributed by atoms with E-state index in [1.165, 1.54) is 18.4 Å². The fraction of sp³-hybridized carbons (Fsp3) is 0.429. The summed E-state index contributed by atoms with van der Waals surface area (Å²) >= 11 is 0. The van der Waals surface area contributed by atoms with Gasteiger partial charge in [-0.15, -0.1) is 0 Å². The van der Waals surface area contributed by atoms with Crippen LogP contribution in [0.4, 0.5) is 0 Å². The Morgan fingerprint density at radius 2 is 1.84 bits per heavy atom. The van der Waals surface area contributed by atoms with Crippen LogP contribution in [0.1, 0.15) is 55.2 Å². The van der Waals surface area contributed by atoms with Crippen LogP contribution < -0.4 is 0 Å². The zero-order valence-corrected chi connectivity index (χ0v) is 15.5. The molecule has 132 valence electrons. The predicted octanol–water partition coefficient (Wildman–Crippen LogP) is 4.72. The van der Waals surface area contributed by atoms with Crippen molar-refractivity contribution in [2.75, 3.05) is 6.61 Å². The third-order valence-corrected chi connectivity index (χ3v) is 4.69. The van der Waals surface area contributed by atoms with Crippen LogP contribution in [0.15, 0.2) is 30.5 Å². The zero-order valence-electron chi connectivity index (χ0n) is 15.5. The van der Waals surface area contributed by atoms with Gasteiger partial charge < -0.3 is 9.30 Å². The molecule has 0 spiro atoms. The highest BCUT2D eigenvalue weighted by molar-refractivity contribution is 5.97. The number of aromatic nitrogens is 1. The Kier molecular flexibility index (Phi) is 6.41. The fourth-order valence-electron chi connectivity index (χ4n) is 3.17. The van der Waals surface area contributed by atoms with Gasteiger partial charge in [0.25, 0.3) is 0 Å². The molecule has 0 amide bonds. The van der Waals surface area contributed by atoms with Crippen LogP contribution in [0.5, 0.6) is 0 Å². The highest BCUT2D eigenvalue weighted by Crippen LogP contribution is 2.30. The summed E-state index contributed by atoms with van der Waals surface area (Å²) < 4.78 is 6.84. The summed E-state index contributed by atoms with van der Waals surface area (Å²) in [7, 11) is 1.76. The summed E-state index contributed by atoms with van der Waals surface area (Å²) in [5, 5.41) is 9.45. The number of ether oxygens (including phenoxy) is 1. The Morgan fingerprint density at radius 3 is 2.36 bits per heavy atom. The summed E-state index contributed by atoms with van der Waals surface area (Å²) in [5.41, 5.74) is 3.71. The van der Waals surface area contributed by atoms with E-state index in [0.717, 1.165) is 12.0 Å². The molecule has 0 aliphatic carbocycles. The second kappa shape index (κ2) is 8.53. The van der Waals surface area contributed by atoms with Gasteiger partial charge in [0, 0.05) is 18.8 Å². The third-order valence-electron chi connectivity index (χ3n) is 4.69. The smallest absolute Gasteiger partial charge is 0.355 e. The summed E-state index contributed by atoms with van der Waals surface area (Å²) in [6.45, 7) is 6.52. The molecule has 4 heteroatoms. The lowest BCUT2D eigenvalue weighted by molar-refractivity contribution is 0.0516. The van der Waals surface area contributed by atoms with E-state index in [9.17, 15) is 10.1 Å². The quantitative estimate of drug-likeness (QED) is 0.686. The number of benzene rings is 1. The van der Waals surface area contributed by atoms with Crippen molar-refractivity contribution in [1.29, 1.82) is 5.26 Å². The number of esters is 1. The van der Waals surface area contributed by atoms with Crippen LogP contribution in [-0.4, -0.2) is 17.1 Å². The van der Waals surface area contributed by atoms with Crippen molar-refractivity contribution in [3.63, 3.8) is 0 Å². The lowest BCUT2D eigenvalue weighted by atomic mass is 9.93. The van der Waals surface area contributed by atoms with E-state index in [4.69, 9.17) is 4.74 Å². The molecular formula is C21H26N2O2. The van der Waals surface area contributed by atoms with Crippen LogP contribution in [0, 0.1) is 17.2 Å². The van der Waals surface area contributed by atoms with Crippen molar-refractivity contribution in [2.45, 2.75) is 40.0 Å². The number of nitriles is 1. The molecule has 0 bridgehead atoms. The monoisotopic (exact) mass is 338 g/mol. The molecule has 1 heterocycles. The molecule has 1 aromatic carbocycles. The standard InChI is InChI=1S/C21H26N2O2/c1-5-15(6-2)12-16-8-10-17(11-9-16)19-18(13-22)14-23(4)20(19)21(24)25-7-3/h8-11,14-15H,5-7,12H2,1-4H3. The van der Waals surface area contributed by atoms with Gasteiger partial charge in [-0.2, -0.15) is 5.26 Å². The molecular weight excluding hydrogens is 312 g/mol. The van der Waals surface area contributed by atoms with Crippen molar-refractivity contribution < 1.29 is 9.53 Å². The molecule has 0 unspecified atom stereocenters. The molecule has 1 aromatic heterocycles. The van der Waals surface area contributed by atoms with Crippen molar-refractivity contribution in [1.82, 2.24) is 4.57 Å². The van der Waals surface area contributed by atoms with Gasteiger partial charge in [-0.05, 0) is 30.4 Å². The minimum absolute atomic E-state index is 0.305. The Morgan fingerprint density at radius 1 is 1.20 bits per heavy atom. The van der Waals surface area contributed by atoms with Gasteiger partial charge in [0.1, 0.15) is 11.8 Å². The fourth-order valence-corrected chi connectivity index (χ4v) is 3.17. The highest BCUT2D eigenvalue weighted by atomic mass is 16.5. The summed E-state index contributed by atoms with van der Waals surface area (Å²) in [6.07, 6.45) is 5.07. The normalized spacial score (nSPS) is 10.7. The van der Waals surface area contributed by atoms with Gasteiger partial charge >= 0.3 is 5.97 Å². The van der Waals surface area contributed by atoms with E-state index >= 15 is 0 Å². The third kappa shape index (κ3) is 4.11. The molecule has 0 atom stereocenters. The average Bonchev–Trinajstić information content (AvgIpc) is 2.96. The number of aryl methyl sites for hydroxylation is 1. The molecule has 0 fully saturated rings. The van der Waals surface area contributed by atoms with Gasteiger partial charge in [-0.25, -0.2) is 4.79 Å². The molecule has 0 aliphatic heterocycles. The predicted molar refractivity (Wildman–Crippen MR) is 99.3 cm³/mol. The number of carbonyl (C=O) groups is 1. The molecule has 25 heavy (non-hydrogen) atoms. The molecule has 2 aromatic rings. The first-order chi connectivity index (χ1) is 12.0. The lowest BCUT2D eigenvalue weighted by Crippen LogP contribution is -2.10. The topological polar surface area (TPSA) is 55.0 Å².